The molecule has 1 unspecified atom stereocenters. The van der Waals surface area contributed by atoms with Crippen molar-refractivity contribution in [3.8, 4) is 6.07 Å². The molecule has 3 aromatic carbocycles. The van der Waals surface area contributed by atoms with Crippen LogP contribution in [-0.2, 0) is 29.1 Å². The van der Waals surface area contributed by atoms with Crippen LogP contribution in [0.2, 0.25) is 0 Å². The number of hydrogen-bond donors (Lipinski definition) is 1. The summed E-state index contributed by atoms with van der Waals surface area (Å²) in [6.07, 6.45) is 0.642. The van der Waals surface area contributed by atoms with Gasteiger partial charge in [0.15, 0.2) is 0 Å². The molecule has 0 aromatic heterocycles. The van der Waals surface area contributed by atoms with E-state index in [1.54, 1.807) is 6.92 Å². The molecule has 0 saturated carbocycles. The second-order valence-electron chi connectivity index (χ2n) is 11.2. The zero-order valence-corrected chi connectivity index (χ0v) is 24.4. The van der Waals surface area contributed by atoms with Crippen molar-refractivity contribution < 1.29 is 9.59 Å². The first-order valence-electron chi connectivity index (χ1n) is 14.9. The van der Waals surface area contributed by atoms with Gasteiger partial charge in [-0.1, -0.05) is 54.6 Å². The Hall–Kier alpha value is -4.19. The zero-order valence-electron chi connectivity index (χ0n) is 24.4. The third kappa shape index (κ3) is 7.75. The number of benzene rings is 3. The second-order valence-corrected chi connectivity index (χ2v) is 11.2. The Labute approximate surface area is 249 Å². The predicted octanol–water partition coefficient (Wildman–Crippen LogP) is 3.27. The predicted molar refractivity (Wildman–Crippen MR) is 165 cm³/mol. The molecule has 2 aliphatic rings. The number of nitrogens with one attached hydrogen (secondary N) is 1. The zero-order chi connectivity index (χ0) is 29.3. The van der Waals surface area contributed by atoms with Gasteiger partial charge in [-0.2, -0.15) is 5.26 Å². The lowest BCUT2D eigenvalue weighted by molar-refractivity contribution is -0.135. The van der Waals surface area contributed by atoms with Gasteiger partial charge >= 0.3 is 0 Å². The first-order chi connectivity index (χ1) is 20.5. The number of nitriles is 1. The van der Waals surface area contributed by atoms with Gasteiger partial charge in [0.2, 0.25) is 11.8 Å². The molecule has 8 heteroatoms. The Morgan fingerprint density at radius 3 is 2.00 bits per heavy atom. The van der Waals surface area contributed by atoms with Crippen LogP contribution in [0.5, 0.6) is 0 Å². The van der Waals surface area contributed by atoms with Gasteiger partial charge in [0.05, 0.1) is 17.7 Å². The van der Waals surface area contributed by atoms with Gasteiger partial charge in [0.1, 0.15) is 0 Å². The van der Waals surface area contributed by atoms with Crippen LogP contribution in [0.25, 0.3) is 0 Å². The topological polar surface area (TPSA) is 82.9 Å². The summed E-state index contributed by atoms with van der Waals surface area (Å²) in [5, 5.41) is 12.6. The SMILES string of the molecule is CC(=O)N1CCN(c2ccc(CNC(Cc3ccccc3)C(=O)N3CCN(Cc4ccc(C#N)cc4)CC3)cc2)CC1. The summed E-state index contributed by atoms with van der Waals surface area (Å²) >= 11 is 0. The maximum Gasteiger partial charge on any atom is 0.240 e. The van der Waals surface area contributed by atoms with Crippen molar-refractivity contribution in [2.75, 3.05) is 57.3 Å². The minimum Gasteiger partial charge on any atom is -0.368 e. The normalized spacial score (nSPS) is 16.6. The van der Waals surface area contributed by atoms with E-state index in [4.69, 9.17) is 5.26 Å². The van der Waals surface area contributed by atoms with E-state index in [1.807, 2.05) is 52.3 Å². The maximum absolute atomic E-state index is 13.8. The summed E-state index contributed by atoms with van der Waals surface area (Å²) in [7, 11) is 0. The van der Waals surface area contributed by atoms with Crippen LogP contribution in [0.1, 0.15) is 29.2 Å². The van der Waals surface area contributed by atoms with E-state index in [9.17, 15) is 9.59 Å². The van der Waals surface area contributed by atoms with Crippen molar-refractivity contribution in [1.82, 2.24) is 20.0 Å². The highest BCUT2D eigenvalue weighted by molar-refractivity contribution is 5.82. The molecule has 0 aliphatic carbocycles. The molecule has 1 atom stereocenters. The van der Waals surface area contributed by atoms with Gasteiger partial charge in [0, 0.05) is 78.1 Å². The fourth-order valence-corrected chi connectivity index (χ4v) is 5.73. The molecule has 42 heavy (non-hydrogen) atoms. The highest BCUT2D eigenvalue weighted by Gasteiger charge is 2.28. The number of nitrogens with zero attached hydrogens (tertiary/aromatic N) is 5. The molecule has 5 rings (SSSR count). The number of carbonyl (C=O) groups excluding carboxylic acids is 2. The van der Waals surface area contributed by atoms with E-state index in [0.717, 1.165) is 62.6 Å². The molecule has 2 amide bonds. The molecule has 2 fully saturated rings. The van der Waals surface area contributed by atoms with Crippen LogP contribution in [0, 0.1) is 11.3 Å². The summed E-state index contributed by atoms with van der Waals surface area (Å²) in [5.74, 6) is 0.289. The largest absolute Gasteiger partial charge is 0.368 e. The molecule has 2 heterocycles. The quantitative estimate of drug-likeness (QED) is 0.430. The van der Waals surface area contributed by atoms with E-state index in [-0.39, 0.29) is 17.9 Å². The summed E-state index contributed by atoms with van der Waals surface area (Å²) < 4.78 is 0. The fourth-order valence-electron chi connectivity index (χ4n) is 5.73. The van der Waals surface area contributed by atoms with Crippen LogP contribution < -0.4 is 10.2 Å². The second kappa shape index (κ2) is 14.1. The smallest absolute Gasteiger partial charge is 0.240 e. The molecular formula is C34H40N6O2. The molecule has 0 bridgehead atoms. The van der Waals surface area contributed by atoms with Crippen molar-refractivity contribution in [2.24, 2.45) is 0 Å². The van der Waals surface area contributed by atoms with Crippen LogP contribution in [0.15, 0.2) is 78.9 Å². The lowest BCUT2D eigenvalue weighted by Gasteiger charge is -2.36. The van der Waals surface area contributed by atoms with Gasteiger partial charge in [-0.15, -0.1) is 0 Å². The van der Waals surface area contributed by atoms with E-state index in [2.05, 4.69) is 57.6 Å². The Balaban J connectivity index is 1.16. The van der Waals surface area contributed by atoms with Crippen molar-refractivity contribution in [3.05, 3.63) is 101 Å². The molecule has 1 N–H and O–H groups in total. The van der Waals surface area contributed by atoms with E-state index in [1.165, 1.54) is 5.56 Å². The number of amides is 2. The van der Waals surface area contributed by atoms with Gasteiger partial charge in [0.25, 0.3) is 0 Å². The number of hydrogen-bond acceptors (Lipinski definition) is 6. The lowest BCUT2D eigenvalue weighted by Crippen LogP contribution is -2.54. The fraction of sp³-hybridized carbons (Fsp3) is 0.382. The Bertz CT molecular complexity index is 1350. The molecule has 0 spiro atoms. The highest BCUT2D eigenvalue weighted by atomic mass is 16.2. The minimum absolute atomic E-state index is 0.139. The molecular weight excluding hydrogens is 524 g/mol. The molecule has 2 aliphatic heterocycles. The average molecular weight is 565 g/mol. The molecule has 3 aromatic rings. The van der Waals surface area contributed by atoms with Crippen LogP contribution in [0.3, 0.4) is 0 Å². The Morgan fingerprint density at radius 1 is 0.762 bits per heavy atom. The van der Waals surface area contributed by atoms with Crippen molar-refractivity contribution in [3.63, 3.8) is 0 Å². The maximum atomic E-state index is 13.8. The third-order valence-electron chi connectivity index (χ3n) is 8.33. The molecule has 0 radical (unpaired) electrons. The first-order valence-corrected chi connectivity index (χ1v) is 14.9. The van der Waals surface area contributed by atoms with E-state index < -0.39 is 0 Å². The van der Waals surface area contributed by atoms with Crippen molar-refractivity contribution in [1.29, 1.82) is 5.26 Å². The number of anilines is 1. The summed E-state index contributed by atoms with van der Waals surface area (Å²) in [6.45, 7) is 9.31. The van der Waals surface area contributed by atoms with E-state index in [0.29, 0.717) is 31.6 Å². The van der Waals surface area contributed by atoms with Gasteiger partial charge < -0.3 is 20.0 Å². The molecule has 8 nitrogen and oxygen atoms in total. The summed E-state index contributed by atoms with van der Waals surface area (Å²) in [4.78, 5) is 34.0. The average Bonchev–Trinajstić information content (AvgIpc) is 3.04. The number of piperazine rings is 2. The first kappa shape index (κ1) is 29.3. The minimum atomic E-state index is -0.309. The number of rotatable bonds is 9. The summed E-state index contributed by atoms with van der Waals surface area (Å²) in [5.41, 5.74) is 5.30. The van der Waals surface area contributed by atoms with Crippen molar-refractivity contribution >= 4 is 17.5 Å². The molecule has 2 saturated heterocycles. The lowest BCUT2D eigenvalue weighted by atomic mass is 10.0. The third-order valence-corrected chi connectivity index (χ3v) is 8.33. The Kier molecular flexibility index (Phi) is 9.86. The highest BCUT2D eigenvalue weighted by Crippen LogP contribution is 2.18. The van der Waals surface area contributed by atoms with Gasteiger partial charge in [-0.05, 0) is 47.4 Å². The van der Waals surface area contributed by atoms with Crippen molar-refractivity contribution in [2.45, 2.75) is 32.5 Å². The number of carbonyl (C=O) groups is 2. The Morgan fingerprint density at radius 2 is 1.38 bits per heavy atom. The van der Waals surface area contributed by atoms with E-state index >= 15 is 0 Å². The van der Waals surface area contributed by atoms with Crippen LogP contribution >= 0.6 is 0 Å². The van der Waals surface area contributed by atoms with Crippen LogP contribution in [-0.4, -0.2) is 84.9 Å². The van der Waals surface area contributed by atoms with Crippen LogP contribution in [0.4, 0.5) is 5.69 Å². The van der Waals surface area contributed by atoms with Gasteiger partial charge in [-0.25, -0.2) is 0 Å². The molecule has 218 valence electrons. The monoisotopic (exact) mass is 564 g/mol. The summed E-state index contributed by atoms with van der Waals surface area (Å²) in [6, 6.07) is 28.4. The standard InChI is InChI=1S/C34H40N6O2/c1-27(41)38-19-21-39(22-20-38)32-13-11-30(12-14-32)25-36-33(23-28-5-3-2-4-6-28)34(42)40-17-15-37(16-18-40)26-31-9-7-29(24-35)8-10-31/h2-14,33,36H,15-23,25-26H2,1H3. The van der Waals surface area contributed by atoms with Gasteiger partial charge in [-0.3, -0.25) is 14.5 Å².